The van der Waals surface area contributed by atoms with Crippen LogP contribution >= 0.6 is 0 Å². The third-order valence-electron chi connectivity index (χ3n) is 5.90. The van der Waals surface area contributed by atoms with Gasteiger partial charge in [0.2, 0.25) is 5.91 Å². The summed E-state index contributed by atoms with van der Waals surface area (Å²) in [6.07, 6.45) is 0.266. The summed E-state index contributed by atoms with van der Waals surface area (Å²) in [5.74, 6) is 0.734. The molecule has 174 valence electrons. The molecule has 0 radical (unpaired) electrons. The van der Waals surface area contributed by atoms with Gasteiger partial charge in [0.05, 0.1) is 17.6 Å². The molecule has 2 fully saturated rings. The van der Waals surface area contributed by atoms with Crippen LogP contribution in [-0.4, -0.2) is 67.1 Å². The Morgan fingerprint density at radius 3 is 2.30 bits per heavy atom. The molecule has 2 aromatic rings. The number of nitro groups is 1. The van der Waals surface area contributed by atoms with Crippen LogP contribution in [0.25, 0.3) is 0 Å². The van der Waals surface area contributed by atoms with E-state index in [9.17, 15) is 19.7 Å². The second kappa shape index (κ2) is 9.76. The van der Waals surface area contributed by atoms with Crippen LogP contribution in [0.15, 0.2) is 48.5 Å². The zero-order valence-corrected chi connectivity index (χ0v) is 18.5. The standard InChI is InChI=1S/C23H27N5O5/c1-2-33-21-9-7-19(8-10-21)27-16-17(15-22(27)29)24-23(30)26-13-11-25(12-14-26)18-3-5-20(6-4-18)28(31)32/h3-10,17H,2,11-16H2,1H3,(H,24,30). The van der Waals surface area contributed by atoms with E-state index >= 15 is 0 Å². The first-order valence-corrected chi connectivity index (χ1v) is 11.0. The van der Waals surface area contributed by atoms with Gasteiger partial charge in [0.15, 0.2) is 0 Å². The maximum atomic E-state index is 12.8. The first kappa shape index (κ1) is 22.4. The number of ether oxygens (including phenoxy) is 1. The number of non-ortho nitro benzene ring substituents is 1. The van der Waals surface area contributed by atoms with Gasteiger partial charge < -0.3 is 24.8 Å². The van der Waals surface area contributed by atoms with Crippen LogP contribution in [0.2, 0.25) is 0 Å². The summed E-state index contributed by atoms with van der Waals surface area (Å²) in [7, 11) is 0. The van der Waals surface area contributed by atoms with Crippen LogP contribution < -0.4 is 19.9 Å². The van der Waals surface area contributed by atoms with Gasteiger partial charge in [-0.3, -0.25) is 14.9 Å². The highest BCUT2D eigenvalue weighted by atomic mass is 16.6. The van der Waals surface area contributed by atoms with E-state index < -0.39 is 4.92 Å². The van der Waals surface area contributed by atoms with Crippen molar-refractivity contribution in [2.75, 3.05) is 49.1 Å². The molecule has 2 saturated heterocycles. The zero-order chi connectivity index (χ0) is 23.4. The Morgan fingerprint density at radius 1 is 1.06 bits per heavy atom. The summed E-state index contributed by atoms with van der Waals surface area (Å²) in [6, 6.07) is 13.4. The van der Waals surface area contributed by atoms with Gasteiger partial charge in [-0.25, -0.2) is 4.79 Å². The van der Waals surface area contributed by atoms with Crippen molar-refractivity contribution in [3.8, 4) is 5.75 Å². The molecule has 4 rings (SSSR count). The summed E-state index contributed by atoms with van der Waals surface area (Å²) in [5, 5.41) is 13.8. The Kier molecular flexibility index (Phi) is 6.62. The van der Waals surface area contributed by atoms with Gasteiger partial charge in [-0.15, -0.1) is 0 Å². The first-order valence-electron chi connectivity index (χ1n) is 11.0. The van der Waals surface area contributed by atoms with Gasteiger partial charge in [0.25, 0.3) is 5.69 Å². The molecule has 1 unspecified atom stereocenters. The molecule has 2 aromatic carbocycles. The van der Waals surface area contributed by atoms with Crippen molar-refractivity contribution in [3.63, 3.8) is 0 Å². The molecular weight excluding hydrogens is 426 g/mol. The van der Waals surface area contributed by atoms with Crippen LogP contribution in [0.3, 0.4) is 0 Å². The Morgan fingerprint density at radius 2 is 1.70 bits per heavy atom. The number of carbonyl (C=O) groups excluding carboxylic acids is 2. The molecule has 2 aliphatic rings. The summed E-state index contributed by atoms with van der Waals surface area (Å²) >= 11 is 0. The molecule has 10 heteroatoms. The van der Waals surface area contributed by atoms with Crippen LogP contribution in [-0.2, 0) is 4.79 Å². The molecule has 0 saturated carbocycles. The predicted octanol–water partition coefficient (Wildman–Crippen LogP) is 2.63. The monoisotopic (exact) mass is 453 g/mol. The normalized spacial score (nSPS) is 18.4. The van der Waals surface area contributed by atoms with Crippen molar-refractivity contribution in [2.45, 2.75) is 19.4 Å². The number of nitrogens with zero attached hydrogens (tertiary/aromatic N) is 4. The van der Waals surface area contributed by atoms with E-state index in [0.29, 0.717) is 39.3 Å². The topological polar surface area (TPSA) is 108 Å². The van der Waals surface area contributed by atoms with Gasteiger partial charge in [-0.2, -0.15) is 0 Å². The number of nitrogens with one attached hydrogen (secondary N) is 1. The summed E-state index contributed by atoms with van der Waals surface area (Å²) in [4.78, 5) is 41.2. The Bertz CT molecular complexity index is 1000. The number of urea groups is 1. The molecule has 10 nitrogen and oxygen atoms in total. The van der Waals surface area contributed by atoms with Crippen molar-refractivity contribution in [3.05, 3.63) is 58.6 Å². The van der Waals surface area contributed by atoms with Crippen LogP contribution in [0.5, 0.6) is 5.75 Å². The number of anilines is 2. The minimum absolute atomic E-state index is 0.0209. The summed E-state index contributed by atoms with van der Waals surface area (Å²) in [5.41, 5.74) is 1.74. The van der Waals surface area contributed by atoms with Crippen molar-refractivity contribution in [1.29, 1.82) is 0 Å². The number of nitro benzene ring substituents is 1. The largest absolute Gasteiger partial charge is 0.494 e. The lowest BCUT2D eigenvalue weighted by Gasteiger charge is -2.36. The molecular formula is C23H27N5O5. The number of carbonyl (C=O) groups is 2. The van der Waals surface area contributed by atoms with Gasteiger partial charge in [-0.1, -0.05) is 0 Å². The Labute approximate surface area is 191 Å². The fourth-order valence-electron chi connectivity index (χ4n) is 4.16. The number of hydrogen-bond acceptors (Lipinski definition) is 6. The van der Waals surface area contributed by atoms with Crippen molar-refractivity contribution in [2.24, 2.45) is 0 Å². The van der Waals surface area contributed by atoms with Gasteiger partial charge in [0.1, 0.15) is 5.75 Å². The van der Waals surface area contributed by atoms with E-state index in [1.54, 1.807) is 21.9 Å². The van der Waals surface area contributed by atoms with E-state index in [4.69, 9.17) is 4.74 Å². The summed E-state index contributed by atoms with van der Waals surface area (Å²) in [6.45, 7) is 5.26. The third-order valence-corrected chi connectivity index (χ3v) is 5.90. The predicted molar refractivity (Wildman–Crippen MR) is 124 cm³/mol. The SMILES string of the molecule is CCOc1ccc(N2CC(NC(=O)N3CCN(c4ccc([N+](=O)[O-])cc4)CC3)CC2=O)cc1. The van der Waals surface area contributed by atoms with Gasteiger partial charge in [0, 0.05) is 62.7 Å². The van der Waals surface area contributed by atoms with Crippen LogP contribution in [0.1, 0.15) is 13.3 Å². The lowest BCUT2D eigenvalue weighted by atomic mass is 10.2. The number of rotatable bonds is 6. The molecule has 2 heterocycles. The second-order valence-corrected chi connectivity index (χ2v) is 8.03. The van der Waals surface area contributed by atoms with E-state index in [-0.39, 0.29) is 30.1 Å². The average molecular weight is 453 g/mol. The minimum Gasteiger partial charge on any atom is -0.494 e. The van der Waals surface area contributed by atoms with Crippen LogP contribution in [0.4, 0.5) is 21.9 Å². The summed E-state index contributed by atoms with van der Waals surface area (Å²) < 4.78 is 5.45. The van der Waals surface area contributed by atoms with E-state index in [0.717, 1.165) is 17.1 Å². The van der Waals surface area contributed by atoms with Crippen molar-refractivity contribution in [1.82, 2.24) is 10.2 Å². The van der Waals surface area contributed by atoms with Crippen LogP contribution in [0, 0.1) is 10.1 Å². The van der Waals surface area contributed by atoms with Gasteiger partial charge in [-0.05, 0) is 43.3 Å². The second-order valence-electron chi connectivity index (χ2n) is 8.03. The van der Waals surface area contributed by atoms with E-state index in [1.165, 1.54) is 12.1 Å². The number of piperazine rings is 1. The first-order chi connectivity index (χ1) is 15.9. The molecule has 3 amide bonds. The average Bonchev–Trinajstić information content (AvgIpc) is 3.19. The number of amides is 3. The molecule has 0 spiro atoms. The maximum Gasteiger partial charge on any atom is 0.317 e. The third kappa shape index (κ3) is 5.16. The highest BCUT2D eigenvalue weighted by Gasteiger charge is 2.33. The van der Waals surface area contributed by atoms with E-state index in [2.05, 4.69) is 10.2 Å². The highest BCUT2D eigenvalue weighted by Crippen LogP contribution is 2.25. The van der Waals surface area contributed by atoms with Gasteiger partial charge >= 0.3 is 6.03 Å². The Hall–Kier alpha value is -3.82. The molecule has 0 bridgehead atoms. The number of hydrogen-bond donors (Lipinski definition) is 1. The molecule has 2 aliphatic heterocycles. The zero-order valence-electron chi connectivity index (χ0n) is 18.5. The lowest BCUT2D eigenvalue weighted by Crippen LogP contribution is -2.53. The maximum absolute atomic E-state index is 12.8. The van der Waals surface area contributed by atoms with E-state index in [1.807, 2.05) is 31.2 Å². The molecule has 0 aromatic heterocycles. The molecule has 33 heavy (non-hydrogen) atoms. The smallest absolute Gasteiger partial charge is 0.317 e. The molecule has 0 aliphatic carbocycles. The Balaban J connectivity index is 1.27. The fraction of sp³-hybridized carbons (Fsp3) is 0.391. The van der Waals surface area contributed by atoms with Crippen molar-refractivity contribution >= 4 is 29.0 Å². The number of benzene rings is 2. The molecule has 1 N–H and O–H groups in total. The fourth-order valence-corrected chi connectivity index (χ4v) is 4.16. The lowest BCUT2D eigenvalue weighted by molar-refractivity contribution is -0.384. The minimum atomic E-state index is -0.420. The molecule has 1 atom stereocenters. The highest BCUT2D eigenvalue weighted by molar-refractivity contribution is 5.96. The van der Waals surface area contributed by atoms with Crippen molar-refractivity contribution < 1.29 is 19.2 Å². The quantitative estimate of drug-likeness (QED) is 0.532.